The van der Waals surface area contributed by atoms with Crippen molar-refractivity contribution in [2.24, 2.45) is 5.92 Å². The summed E-state index contributed by atoms with van der Waals surface area (Å²) in [4.78, 5) is 16.0. The Balaban J connectivity index is 1.61. The smallest absolute Gasteiger partial charge is 0.306 e. The summed E-state index contributed by atoms with van der Waals surface area (Å²) in [5.74, 6) is 1.20. The maximum absolute atomic E-state index is 11.3. The number of aromatic nitrogens is 1. The normalized spacial score (nSPS) is 17.0. The maximum Gasteiger partial charge on any atom is 0.306 e. The minimum atomic E-state index is -0.738. The van der Waals surface area contributed by atoms with Gasteiger partial charge in [-0.3, -0.25) is 4.79 Å². The molecule has 0 saturated carbocycles. The van der Waals surface area contributed by atoms with E-state index in [0.717, 1.165) is 47.6 Å². The van der Waals surface area contributed by atoms with Crippen LogP contribution in [-0.2, 0) is 17.6 Å². The SMILES string of the molecule is C=CCC=CC(=CC)c1nc(CCOc2ccc3c(c2)CCC3C(C)C(=O)O)c(C)o1. The van der Waals surface area contributed by atoms with Crippen LogP contribution in [0.1, 0.15) is 61.1 Å². The van der Waals surface area contributed by atoms with E-state index in [0.29, 0.717) is 18.9 Å². The molecule has 2 unspecified atom stereocenters. The van der Waals surface area contributed by atoms with Gasteiger partial charge in [0.25, 0.3) is 0 Å². The largest absolute Gasteiger partial charge is 0.493 e. The monoisotopic (exact) mass is 421 g/mol. The Morgan fingerprint density at radius 1 is 1.45 bits per heavy atom. The van der Waals surface area contributed by atoms with Gasteiger partial charge in [0.1, 0.15) is 11.5 Å². The van der Waals surface area contributed by atoms with E-state index in [1.807, 2.05) is 56.4 Å². The van der Waals surface area contributed by atoms with Gasteiger partial charge in [0.05, 0.1) is 18.2 Å². The molecule has 0 bridgehead atoms. The summed E-state index contributed by atoms with van der Waals surface area (Å²) in [5, 5.41) is 9.33. The van der Waals surface area contributed by atoms with Crippen LogP contribution in [0.4, 0.5) is 0 Å². The molecule has 31 heavy (non-hydrogen) atoms. The van der Waals surface area contributed by atoms with Crippen LogP contribution in [0, 0.1) is 12.8 Å². The molecular weight excluding hydrogens is 390 g/mol. The predicted octanol–water partition coefficient (Wildman–Crippen LogP) is 5.89. The topological polar surface area (TPSA) is 72.6 Å². The molecule has 3 rings (SSSR count). The number of nitrogens with zero attached hydrogens (tertiary/aromatic N) is 1. The molecule has 1 heterocycles. The molecule has 2 atom stereocenters. The van der Waals surface area contributed by atoms with Crippen molar-refractivity contribution in [2.45, 2.75) is 52.4 Å². The van der Waals surface area contributed by atoms with Gasteiger partial charge in [-0.15, -0.1) is 6.58 Å². The molecule has 0 fully saturated rings. The number of allylic oxidation sites excluding steroid dienone is 5. The van der Waals surface area contributed by atoms with Gasteiger partial charge in [-0.2, -0.15) is 0 Å². The van der Waals surface area contributed by atoms with Crippen molar-refractivity contribution in [2.75, 3.05) is 6.61 Å². The van der Waals surface area contributed by atoms with Crippen molar-refractivity contribution in [1.29, 1.82) is 0 Å². The third-order valence-electron chi connectivity index (χ3n) is 5.89. The zero-order valence-corrected chi connectivity index (χ0v) is 18.6. The first kappa shape index (κ1) is 22.6. The Hall–Kier alpha value is -3.08. The summed E-state index contributed by atoms with van der Waals surface area (Å²) in [5.41, 5.74) is 4.17. The van der Waals surface area contributed by atoms with Gasteiger partial charge >= 0.3 is 5.97 Å². The number of hydrogen-bond donors (Lipinski definition) is 1. The molecule has 2 aromatic rings. The van der Waals surface area contributed by atoms with Crippen molar-refractivity contribution in [3.8, 4) is 5.75 Å². The number of fused-ring (bicyclic) bond motifs is 1. The van der Waals surface area contributed by atoms with Crippen LogP contribution in [0.25, 0.3) is 5.57 Å². The zero-order valence-electron chi connectivity index (χ0n) is 18.6. The molecule has 0 spiro atoms. The third-order valence-corrected chi connectivity index (χ3v) is 5.89. The quantitative estimate of drug-likeness (QED) is 0.382. The Labute approximate surface area is 184 Å². The lowest BCUT2D eigenvalue weighted by Gasteiger charge is -2.16. The molecule has 164 valence electrons. The summed E-state index contributed by atoms with van der Waals surface area (Å²) in [6.45, 7) is 9.89. The van der Waals surface area contributed by atoms with Crippen LogP contribution in [0.2, 0.25) is 0 Å². The summed E-state index contributed by atoms with van der Waals surface area (Å²) in [7, 11) is 0. The molecule has 1 aromatic heterocycles. The Morgan fingerprint density at radius 2 is 2.26 bits per heavy atom. The van der Waals surface area contributed by atoms with Crippen LogP contribution in [-0.4, -0.2) is 22.7 Å². The zero-order chi connectivity index (χ0) is 22.4. The van der Waals surface area contributed by atoms with Crippen molar-refractivity contribution in [3.63, 3.8) is 0 Å². The van der Waals surface area contributed by atoms with Crippen molar-refractivity contribution in [3.05, 3.63) is 77.6 Å². The van der Waals surface area contributed by atoms with Crippen molar-refractivity contribution in [1.82, 2.24) is 4.98 Å². The van der Waals surface area contributed by atoms with Gasteiger partial charge in [-0.1, -0.05) is 37.3 Å². The number of oxazole rings is 1. The van der Waals surface area contributed by atoms with Crippen molar-refractivity contribution < 1.29 is 19.1 Å². The number of carbonyl (C=O) groups is 1. The lowest BCUT2D eigenvalue weighted by molar-refractivity contribution is -0.141. The standard InChI is InChI=1S/C26H31NO4/c1-5-7-8-9-19(6-2)25-27-24(18(4)31-25)14-15-30-21-11-13-23-20(16-21)10-12-22(23)17(3)26(28)29/h5-6,8-9,11,13,16-17,22H,1,7,10,12,14-15H2,2-4H3,(H,28,29). The maximum atomic E-state index is 11.3. The summed E-state index contributed by atoms with van der Waals surface area (Å²) in [6.07, 6.45) is 11.1. The first-order chi connectivity index (χ1) is 14.9. The molecule has 5 heteroatoms. The molecule has 0 amide bonds. The van der Waals surface area contributed by atoms with Crippen LogP contribution < -0.4 is 4.74 Å². The highest BCUT2D eigenvalue weighted by Gasteiger charge is 2.31. The van der Waals surface area contributed by atoms with Gasteiger partial charge in [-0.05, 0) is 62.3 Å². The summed E-state index contributed by atoms with van der Waals surface area (Å²) >= 11 is 0. The Bertz CT molecular complexity index is 999. The first-order valence-electron chi connectivity index (χ1n) is 10.8. The van der Waals surface area contributed by atoms with E-state index >= 15 is 0 Å². The molecule has 5 nitrogen and oxygen atoms in total. The highest BCUT2D eigenvalue weighted by Crippen LogP contribution is 2.39. The molecule has 1 aromatic carbocycles. The van der Waals surface area contributed by atoms with Gasteiger partial charge in [0.2, 0.25) is 5.89 Å². The average molecular weight is 422 g/mol. The fraction of sp³-hybridized carbons (Fsp3) is 0.385. The number of aryl methyl sites for hydroxylation is 2. The lowest BCUT2D eigenvalue weighted by atomic mass is 9.89. The second-order valence-electron chi connectivity index (χ2n) is 7.92. The van der Waals surface area contributed by atoms with E-state index in [4.69, 9.17) is 9.15 Å². The number of carboxylic acid groups (broad SMARTS) is 1. The molecule has 1 N–H and O–H groups in total. The first-order valence-corrected chi connectivity index (χ1v) is 10.8. The van der Waals surface area contributed by atoms with Crippen LogP contribution >= 0.6 is 0 Å². The van der Waals surface area contributed by atoms with Crippen molar-refractivity contribution >= 4 is 11.5 Å². The number of aliphatic carboxylic acids is 1. The van der Waals surface area contributed by atoms with E-state index < -0.39 is 5.97 Å². The molecular formula is C26H31NO4. The number of benzene rings is 1. The molecule has 0 radical (unpaired) electrons. The summed E-state index contributed by atoms with van der Waals surface area (Å²) in [6, 6.07) is 6.01. The second kappa shape index (κ2) is 10.3. The molecule has 0 aliphatic heterocycles. The average Bonchev–Trinajstić information content (AvgIpc) is 3.34. The fourth-order valence-electron chi connectivity index (χ4n) is 4.04. The van der Waals surface area contributed by atoms with Gasteiger partial charge < -0.3 is 14.3 Å². The van der Waals surface area contributed by atoms with Crippen LogP contribution in [0.5, 0.6) is 5.75 Å². The minimum Gasteiger partial charge on any atom is -0.493 e. The minimum absolute atomic E-state index is 0.0825. The lowest BCUT2D eigenvalue weighted by Crippen LogP contribution is -2.17. The van der Waals surface area contributed by atoms with E-state index in [-0.39, 0.29) is 11.8 Å². The summed E-state index contributed by atoms with van der Waals surface area (Å²) < 4.78 is 11.8. The van der Waals surface area contributed by atoms with Crippen LogP contribution in [0.15, 0.2) is 53.5 Å². The van der Waals surface area contributed by atoms with Gasteiger partial charge in [0.15, 0.2) is 0 Å². The molecule has 1 aliphatic rings. The number of ether oxygens (including phenoxy) is 1. The predicted molar refractivity (Wildman–Crippen MR) is 122 cm³/mol. The Morgan fingerprint density at radius 3 is 2.97 bits per heavy atom. The third kappa shape index (κ3) is 5.35. The van der Waals surface area contributed by atoms with E-state index in [1.165, 1.54) is 5.56 Å². The highest BCUT2D eigenvalue weighted by atomic mass is 16.5. The van der Waals surface area contributed by atoms with Crippen LogP contribution in [0.3, 0.4) is 0 Å². The highest BCUT2D eigenvalue weighted by molar-refractivity contribution is 5.71. The number of carboxylic acids is 1. The Kier molecular flexibility index (Phi) is 7.50. The molecule has 0 saturated heterocycles. The second-order valence-corrected chi connectivity index (χ2v) is 7.92. The number of hydrogen-bond acceptors (Lipinski definition) is 4. The van der Waals surface area contributed by atoms with E-state index in [9.17, 15) is 9.90 Å². The van der Waals surface area contributed by atoms with Gasteiger partial charge in [0, 0.05) is 12.0 Å². The van der Waals surface area contributed by atoms with E-state index in [1.54, 1.807) is 6.92 Å². The van der Waals surface area contributed by atoms with Gasteiger partial charge in [-0.25, -0.2) is 4.98 Å². The number of rotatable bonds is 10. The fourth-order valence-corrected chi connectivity index (χ4v) is 4.04. The van der Waals surface area contributed by atoms with E-state index in [2.05, 4.69) is 11.6 Å². The molecule has 1 aliphatic carbocycles.